The van der Waals surface area contributed by atoms with Gasteiger partial charge in [-0.2, -0.15) is 0 Å². The summed E-state index contributed by atoms with van der Waals surface area (Å²) in [5.41, 5.74) is 3.49. The number of fused-ring (bicyclic) bond motifs is 1. The Hall–Kier alpha value is -0.700. The summed E-state index contributed by atoms with van der Waals surface area (Å²) in [5, 5.41) is 1.30. The molecule has 0 spiro atoms. The van der Waals surface area contributed by atoms with Crippen molar-refractivity contribution in [3.8, 4) is 5.75 Å². The second-order valence-electron chi connectivity index (χ2n) is 4.53. The average molecular weight is 358 g/mol. The van der Waals surface area contributed by atoms with Gasteiger partial charge in [0.05, 0.1) is 11.4 Å². The molecule has 19 heavy (non-hydrogen) atoms. The number of benzene rings is 2. The maximum atomic E-state index is 6.05. The van der Waals surface area contributed by atoms with Crippen LogP contribution in [-0.4, -0.2) is 6.61 Å². The van der Waals surface area contributed by atoms with Crippen LogP contribution in [-0.2, 0) is 6.42 Å². The highest BCUT2D eigenvalue weighted by Gasteiger charge is 2.17. The lowest BCUT2D eigenvalue weighted by molar-refractivity contribution is 0.357. The lowest BCUT2D eigenvalue weighted by atomic mass is 10.0. The van der Waals surface area contributed by atoms with Crippen LogP contribution in [0.1, 0.15) is 21.5 Å². The number of halogens is 3. The third-order valence-electron chi connectivity index (χ3n) is 3.18. The van der Waals surface area contributed by atoms with Crippen molar-refractivity contribution in [2.75, 3.05) is 6.61 Å². The van der Waals surface area contributed by atoms with E-state index >= 15 is 0 Å². The summed E-state index contributed by atoms with van der Waals surface area (Å²) < 4.78 is 5.52. The lowest BCUT2D eigenvalue weighted by Crippen LogP contribution is -1.94. The SMILES string of the molecule is Clc1cc(Cl)cc(C(Br)c2ccc3c(c2)CCO3)c1. The van der Waals surface area contributed by atoms with Gasteiger partial charge in [0.1, 0.15) is 5.75 Å². The van der Waals surface area contributed by atoms with Gasteiger partial charge in [-0.05, 0) is 41.0 Å². The van der Waals surface area contributed by atoms with E-state index in [0.29, 0.717) is 10.0 Å². The van der Waals surface area contributed by atoms with Gasteiger partial charge in [0.2, 0.25) is 0 Å². The van der Waals surface area contributed by atoms with Crippen molar-refractivity contribution in [3.63, 3.8) is 0 Å². The summed E-state index contributed by atoms with van der Waals surface area (Å²) in [4.78, 5) is 0.0783. The molecule has 2 aromatic carbocycles. The minimum absolute atomic E-state index is 0.0783. The molecule has 1 unspecified atom stereocenters. The molecule has 98 valence electrons. The van der Waals surface area contributed by atoms with Gasteiger partial charge in [-0.25, -0.2) is 0 Å². The van der Waals surface area contributed by atoms with Gasteiger partial charge in [-0.3, -0.25) is 0 Å². The Labute approximate surface area is 130 Å². The van der Waals surface area contributed by atoms with Crippen molar-refractivity contribution in [2.45, 2.75) is 11.2 Å². The monoisotopic (exact) mass is 356 g/mol. The molecule has 0 N–H and O–H groups in total. The van der Waals surface area contributed by atoms with Gasteiger partial charge in [0.25, 0.3) is 0 Å². The standard InChI is InChI=1S/C15H11BrCl2O/c16-15(11-6-12(17)8-13(18)7-11)10-1-2-14-9(5-10)3-4-19-14/h1-2,5-8,15H,3-4H2. The molecule has 2 aromatic rings. The molecule has 3 rings (SSSR count). The summed E-state index contributed by atoms with van der Waals surface area (Å²) in [6, 6.07) is 11.9. The zero-order valence-electron chi connectivity index (χ0n) is 10.00. The normalized spacial score (nSPS) is 14.9. The molecule has 1 aliphatic heterocycles. The molecule has 0 amide bonds. The van der Waals surface area contributed by atoms with Crippen LogP contribution in [0, 0.1) is 0 Å². The first-order chi connectivity index (χ1) is 9.13. The second kappa shape index (κ2) is 5.35. The summed E-state index contributed by atoms with van der Waals surface area (Å²) in [5.74, 6) is 0.993. The minimum Gasteiger partial charge on any atom is -0.493 e. The molecule has 1 aliphatic rings. The van der Waals surface area contributed by atoms with Crippen LogP contribution in [0.25, 0.3) is 0 Å². The average Bonchev–Trinajstić information content (AvgIpc) is 2.83. The van der Waals surface area contributed by atoms with Gasteiger partial charge in [0.15, 0.2) is 0 Å². The van der Waals surface area contributed by atoms with Gasteiger partial charge < -0.3 is 4.74 Å². The smallest absolute Gasteiger partial charge is 0.122 e. The van der Waals surface area contributed by atoms with Crippen molar-refractivity contribution < 1.29 is 4.74 Å². The van der Waals surface area contributed by atoms with Crippen LogP contribution < -0.4 is 4.74 Å². The third-order valence-corrected chi connectivity index (χ3v) is 4.68. The molecule has 0 saturated heterocycles. The Bertz CT molecular complexity index is 607. The lowest BCUT2D eigenvalue weighted by Gasteiger charge is -2.13. The van der Waals surface area contributed by atoms with Crippen LogP contribution in [0.2, 0.25) is 10.0 Å². The fourth-order valence-electron chi connectivity index (χ4n) is 2.28. The van der Waals surface area contributed by atoms with E-state index in [2.05, 4.69) is 28.1 Å². The van der Waals surface area contributed by atoms with E-state index in [1.54, 1.807) is 6.07 Å². The predicted octanol–water partition coefficient (Wildman–Crippen LogP) is 5.41. The second-order valence-corrected chi connectivity index (χ2v) is 6.32. The summed E-state index contributed by atoms with van der Waals surface area (Å²) >= 11 is 15.8. The fraction of sp³-hybridized carbons (Fsp3) is 0.200. The minimum atomic E-state index is 0.0783. The highest BCUT2D eigenvalue weighted by molar-refractivity contribution is 9.09. The Morgan fingerprint density at radius 2 is 1.74 bits per heavy atom. The Kier molecular flexibility index (Phi) is 3.75. The Balaban J connectivity index is 1.97. The van der Waals surface area contributed by atoms with Crippen molar-refractivity contribution in [1.82, 2.24) is 0 Å². The van der Waals surface area contributed by atoms with E-state index in [9.17, 15) is 0 Å². The first-order valence-electron chi connectivity index (χ1n) is 5.99. The van der Waals surface area contributed by atoms with Crippen molar-refractivity contribution in [1.29, 1.82) is 0 Å². The molecule has 4 heteroatoms. The Morgan fingerprint density at radius 1 is 1.00 bits per heavy atom. The van der Waals surface area contributed by atoms with Crippen LogP contribution in [0.4, 0.5) is 0 Å². The molecule has 0 aliphatic carbocycles. The van der Waals surface area contributed by atoms with Crippen molar-refractivity contribution in [2.24, 2.45) is 0 Å². The van der Waals surface area contributed by atoms with Crippen LogP contribution in [0.3, 0.4) is 0 Å². The van der Waals surface area contributed by atoms with Crippen molar-refractivity contribution in [3.05, 3.63) is 63.1 Å². The molecule has 1 atom stereocenters. The Morgan fingerprint density at radius 3 is 2.47 bits per heavy atom. The topological polar surface area (TPSA) is 9.23 Å². The van der Waals surface area contributed by atoms with Gasteiger partial charge in [0, 0.05) is 16.5 Å². The maximum absolute atomic E-state index is 6.05. The quantitative estimate of drug-likeness (QED) is 0.652. The number of hydrogen-bond donors (Lipinski definition) is 0. The van der Waals surface area contributed by atoms with E-state index in [-0.39, 0.29) is 4.83 Å². The molecular weight excluding hydrogens is 347 g/mol. The highest BCUT2D eigenvalue weighted by Crippen LogP contribution is 2.37. The molecule has 0 saturated carbocycles. The fourth-order valence-corrected chi connectivity index (χ4v) is 3.37. The van der Waals surface area contributed by atoms with Gasteiger partial charge >= 0.3 is 0 Å². The van der Waals surface area contributed by atoms with E-state index < -0.39 is 0 Å². The first-order valence-corrected chi connectivity index (χ1v) is 7.66. The first kappa shape index (κ1) is 13.3. The third kappa shape index (κ3) is 2.76. The molecule has 1 heterocycles. The van der Waals surface area contributed by atoms with Crippen LogP contribution >= 0.6 is 39.1 Å². The molecule has 0 bridgehead atoms. The van der Waals surface area contributed by atoms with Crippen molar-refractivity contribution >= 4 is 39.1 Å². The summed E-state index contributed by atoms with van der Waals surface area (Å²) in [7, 11) is 0. The molecule has 0 radical (unpaired) electrons. The van der Waals surface area contributed by atoms with Crippen LogP contribution in [0.15, 0.2) is 36.4 Å². The predicted molar refractivity (Wildman–Crippen MR) is 82.9 cm³/mol. The van der Waals surface area contributed by atoms with E-state index in [0.717, 1.165) is 24.3 Å². The maximum Gasteiger partial charge on any atom is 0.122 e. The zero-order valence-corrected chi connectivity index (χ0v) is 13.1. The zero-order chi connectivity index (χ0) is 13.4. The van der Waals surface area contributed by atoms with E-state index in [4.69, 9.17) is 27.9 Å². The molecule has 1 nitrogen and oxygen atoms in total. The molecule has 0 fully saturated rings. The molecule has 0 aromatic heterocycles. The number of ether oxygens (including phenoxy) is 1. The molecular formula is C15H11BrCl2O. The van der Waals surface area contributed by atoms with Gasteiger partial charge in [-0.15, -0.1) is 0 Å². The number of rotatable bonds is 2. The number of alkyl halides is 1. The number of hydrogen-bond acceptors (Lipinski definition) is 1. The van der Waals surface area contributed by atoms with Gasteiger partial charge in [-0.1, -0.05) is 51.3 Å². The van der Waals surface area contributed by atoms with Crippen LogP contribution in [0.5, 0.6) is 5.75 Å². The largest absolute Gasteiger partial charge is 0.493 e. The van der Waals surface area contributed by atoms with E-state index in [1.807, 2.05) is 18.2 Å². The highest BCUT2D eigenvalue weighted by atomic mass is 79.9. The van der Waals surface area contributed by atoms with E-state index in [1.165, 1.54) is 11.1 Å². The summed E-state index contributed by atoms with van der Waals surface area (Å²) in [6.07, 6.45) is 0.971. The summed E-state index contributed by atoms with van der Waals surface area (Å²) in [6.45, 7) is 0.773.